The summed E-state index contributed by atoms with van der Waals surface area (Å²) < 4.78 is 27.9. The number of nitriles is 2. The predicted molar refractivity (Wildman–Crippen MR) is 439 cm³/mol. The van der Waals surface area contributed by atoms with Gasteiger partial charge in [0.15, 0.2) is 23.2 Å². The first-order valence-corrected chi connectivity index (χ1v) is 36.6. The van der Waals surface area contributed by atoms with Gasteiger partial charge in [-0.05, 0) is 183 Å². The summed E-state index contributed by atoms with van der Waals surface area (Å²) in [5.41, 5.74) is 14.9. The third kappa shape index (κ3) is 14.4. The van der Waals surface area contributed by atoms with Crippen LogP contribution >= 0.6 is 0 Å². The zero-order valence-corrected chi connectivity index (χ0v) is 60.8. The van der Waals surface area contributed by atoms with Gasteiger partial charge in [-0.2, -0.15) is 10.5 Å². The molecule has 0 aliphatic heterocycles. The van der Waals surface area contributed by atoms with Gasteiger partial charge >= 0.3 is 23.9 Å². The van der Waals surface area contributed by atoms with Crippen LogP contribution in [0, 0.1) is 29.2 Å². The molecule has 16 nitrogen and oxygen atoms in total. The Bertz CT molecular complexity index is 6240. The third-order valence-corrected chi connectivity index (χ3v) is 20.0. The van der Waals surface area contributed by atoms with Crippen molar-refractivity contribution in [3.8, 4) is 91.1 Å². The second-order valence-corrected chi connectivity index (χ2v) is 27.2. The summed E-state index contributed by atoms with van der Waals surface area (Å²) in [6.07, 6.45) is 0. The molecule has 0 unspecified atom stereocenters. The summed E-state index contributed by atoms with van der Waals surface area (Å²) in [7, 11) is 0. The summed E-state index contributed by atoms with van der Waals surface area (Å²) in [5.74, 6) is -1.68. The molecular weight excluding hydrogens is 1420 g/mol. The fourth-order valence-electron chi connectivity index (χ4n) is 14.4. The molecule has 17 aromatic rings. The summed E-state index contributed by atoms with van der Waals surface area (Å²) in [5, 5.41) is 23.1. The molecule has 542 valence electrons. The van der Waals surface area contributed by atoms with Crippen molar-refractivity contribution in [3.63, 3.8) is 0 Å². The van der Waals surface area contributed by atoms with Crippen LogP contribution in [-0.4, -0.2) is 48.0 Å². The highest BCUT2D eigenvalue weighted by atomic mass is 16.5. The number of ether oxygens (including phenoxy) is 4. The van der Waals surface area contributed by atoms with Crippen LogP contribution in [-0.2, 0) is 45.4 Å². The molecule has 0 atom stereocenters. The first kappa shape index (κ1) is 71.0. The lowest BCUT2D eigenvalue weighted by molar-refractivity contribution is 0.0464. The van der Waals surface area contributed by atoms with Crippen molar-refractivity contribution < 1.29 is 38.1 Å². The van der Waals surface area contributed by atoms with Crippen molar-refractivity contribution in [2.75, 3.05) is 0 Å². The number of esters is 4. The van der Waals surface area contributed by atoms with E-state index in [1.165, 1.54) is 0 Å². The molecule has 16 heteroatoms. The number of carbonyl (C=O) groups excluding carboxylic acids is 4. The summed E-state index contributed by atoms with van der Waals surface area (Å²) >= 11 is 0. The van der Waals surface area contributed by atoms with Crippen LogP contribution in [0.25, 0.3) is 127 Å². The van der Waals surface area contributed by atoms with Crippen LogP contribution in [0.2, 0.25) is 0 Å². The number of nitrogens with zero attached hydrogens (tertiary/aromatic N) is 8. The molecule has 3 aromatic heterocycles. The molecule has 0 N–H and O–H groups in total. The highest BCUT2D eigenvalue weighted by molar-refractivity contribution is 6.15. The second-order valence-electron chi connectivity index (χ2n) is 27.2. The van der Waals surface area contributed by atoms with Gasteiger partial charge in [-0.1, -0.05) is 200 Å². The van der Waals surface area contributed by atoms with Crippen molar-refractivity contribution in [2.24, 2.45) is 0 Å². The number of carbonyl (C=O) groups is 4. The molecule has 0 saturated heterocycles. The normalized spacial score (nSPS) is 11.1. The fourth-order valence-corrected chi connectivity index (χ4v) is 14.4. The molecule has 0 spiro atoms. The Kier molecular flexibility index (Phi) is 19.5. The van der Waals surface area contributed by atoms with E-state index in [-0.39, 0.29) is 66.2 Å². The minimum atomic E-state index is -0.564. The van der Waals surface area contributed by atoms with Gasteiger partial charge in [0.1, 0.15) is 26.4 Å². The minimum absolute atomic E-state index is 0.0276. The third-order valence-electron chi connectivity index (χ3n) is 20.0. The lowest BCUT2D eigenvalue weighted by Gasteiger charge is -2.19. The van der Waals surface area contributed by atoms with Crippen LogP contribution in [0.15, 0.2) is 328 Å². The molecule has 0 amide bonds. The summed E-state index contributed by atoms with van der Waals surface area (Å²) in [6, 6.07) is 105. The maximum absolute atomic E-state index is 14.3. The van der Waals surface area contributed by atoms with Crippen molar-refractivity contribution in [3.05, 3.63) is 395 Å². The van der Waals surface area contributed by atoms with E-state index in [9.17, 15) is 29.7 Å². The largest absolute Gasteiger partial charge is 0.457 e. The van der Waals surface area contributed by atoms with Gasteiger partial charge in [0.25, 0.3) is 0 Å². The smallest absolute Gasteiger partial charge is 0.338 e. The quantitative estimate of drug-likeness (QED) is 0.0396. The van der Waals surface area contributed by atoms with Gasteiger partial charge < -0.3 is 28.1 Å². The van der Waals surface area contributed by atoms with Gasteiger partial charge in [-0.3, -0.25) is 0 Å². The van der Waals surface area contributed by atoms with Crippen molar-refractivity contribution in [2.45, 2.75) is 26.4 Å². The van der Waals surface area contributed by atoms with Crippen molar-refractivity contribution in [1.29, 1.82) is 10.5 Å². The Labute approximate surface area is 654 Å². The van der Waals surface area contributed by atoms with E-state index in [0.29, 0.717) is 122 Å². The highest BCUT2D eigenvalue weighted by Gasteiger charge is 2.28. The number of hydrogen-bond donors (Lipinski definition) is 0. The monoisotopic (exact) mass is 1480 g/mol. The Morgan fingerprint density at radius 3 is 0.991 bits per heavy atom. The van der Waals surface area contributed by atoms with E-state index in [0.717, 1.165) is 22.3 Å². The van der Waals surface area contributed by atoms with Crippen molar-refractivity contribution >= 4 is 73.2 Å². The van der Waals surface area contributed by atoms with Gasteiger partial charge in [0, 0.05) is 38.2 Å². The number of rotatable bonds is 20. The standard InChI is InChI=1S/C98H62N8O8/c1-101-77-32-18-30-69(49-77)71-36-42-91(106-88-45-39-75(97(109)113-60-64-23-10-4-11-24-64)54-82(88)83-55-76(40-46-89(83)106)98(110)114-61-65-25-12-5-13-26-65)85(51-71)94-103-92(79-34-15-14-33-78(79)72-31-17-28-67(48-72)57-100)102-93(104-94)84-50-70(68-29-16-27-66(47-68)56-99)35-41-90(84)105-86-43-37-73(95(107)111-58-62-19-6-2-7-20-62)52-80(86)81-53-74(38-44-87(81)105)96(108)112-59-63-21-8-3-9-22-63/h2-55H,58-61H2. The molecule has 0 aliphatic carbocycles. The van der Waals surface area contributed by atoms with Crippen LogP contribution in [0.4, 0.5) is 5.69 Å². The molecule has 0 aliphatic rings. The first-order chi connectivity index (χ1) is 56.0. The van der Waals surface area contributed by atoms with Gasteiger partial charge in [-0.25, -0.2) is 39.0 Å². The second kappa shape index (κ2) is 31.3. The molecule has 0 saturated carbocycles. The number of fused-ring (bicyclic) bond motifs is 6. The summed E-state index contributed by atoms with van der Waals surface area (Å²) in [4.78, 5) is 78.1. The van der Waals surface area contributed by atoms with E-state index < -0.39 is 23.9 Å². The Morgan fingerprint density at radius 1 is 0.307 bits per heavy atom. The Balaban J connectivity index is 0.924. The maximum Gasteiger partial charge on any atom is 0.338 e. The van der Waals surface area contributed by atoms with Gasteiger partial charge in [0.05, 0.1) is 85.5 Å². The van der Waals surface area contributed by atoms with Crippen LogP contribution in [0.5, 0.6) is 0 Å². The molecule has 17 rings (SSSR count). The average molecular weight is 1480 g/mol. The number of hydrogen-bond acceptors (Lipinski definition) is 13. The molecule has 0 bridgehead atoms. The lowest BCUT2D eigenvalue weighted by atomic mass is 9.97. The molecule has 3 heterocycles. The Morgan fingerprint density at radius 2 is 0.623 bits per heavy atom. The van der Waals surface area contributed by atoms with Crippen LogP contribution in [0.1, 0.15) is 74.8 Å². The van der Waals surface area contributed by atoms with Crippen LogP contribution in [0.3, 0.4) is 0 Å². The SMILES string of the molecule is [C-]#[N+]c1cccc(-c2ccc(-n3c4ccc(C(=O)OCc5ccccc5)cc4c4cc(C(=O)OCc5ccccc5)ccc43)c(-c3nc(-c4ccccc4-c4cccc(C#N)c4)nc(-c4cc(-c5cccc(C#N)c5)ccc4-n4c5ccc(C(=O)OCc6ccccc6)cc5c5cc(C(=O)OCc6ccccc6)ccc54)n3)c2)c1. The van der Waals surface area contributed by atoms with E-state index in [4.69, 9.17) is 40.5 Å². The van der Waals surface area contributed by atoms with Crippen molar-refractivity contribution in [1.82, 2.24) is 24.1 Å². The minimum Gasteiger partial charge on any atom is -0.457 e. The van der Waals surface area contributed by atoms with Gasteiger partial charge in [-0.15, -0.1) is 0 Å². The average Bonchev–Trinajstić information content (AvgIpc) is 1.53. The van der Waals surface area contributed by atoms with E-state index in [1.807, 2.05) is 270 Å². The zero-order valence-electron chi connectivity index (χ0n) is 60.8. The molecule has 14 aromatic carbocycles. The number of benzene rings is 14. The zero-order chi connectivity index (χ0) is 77.6. The first-order valence-electron chi connectivity index (χ1n) is 36.6. The topological polar surface area (TPSA) is 206 Å². The molecular formula is C98H62N8O8. The van der Waals surface area contributed by atoms with E-state index in [1.54, 1.807) is 66.7 Å². The predicted octanol–water partition coefficient (Wildman–Crippen LogP) is 21.8. The fraction of sp³-hybridized carbons (Fsp3) is 0.0408. The maximum atomic E-state index is 14.3. The molecule has 0 radical (unpaired) electrons. The van der Waals surface area contributed by atoms with E-state index >= 15 is 0 Å². The van der Waals surface area contributed by atoms with Crippen LogP contribution < -0.4 is 0 Å². The lowest BCUT2D eigenvalue weighted by Crippen LogP contribution is -2.07. The molecule has 114 heavy (non-hydrogen) atoms. The number of aromatic nitrogens is 5. The summed E-state index contributed by atoms with van der Waals surface area (Å²) in [6.45, 7) is 8.25. The Hall–Kier alpha value is -16.0. The van der Waals surface area contributed by atoms with Gasteiger partial charge in [0.2, 0.25) is 0 Å². The van der Waals surface area contributed by atoms with E-state index in [2.05, 4.69) is 17.0 Å². The highest BCUT2D eigenvalue weighted by Crippen LogP contribution is 2.44. The molecule has 0 fully saturated rings.